The summed E-state index contributed by atoms with van der Waals surface area (Å²) in [5.74, 6) is 1.15. The maximum Gasteiger partial charge on any atom is 0.138 e. The molecule has 25 heavy (non-hydrogen) atoms. The highest BCUT2D eigenvalue weighted by atomic mass is 15.4. The molecule has 1 aliphatic heterocycles. The summed E-state index contributed by atoms with van der Waals surface area (Å²) in [5.41, 5.74) is 2.94. The van der Waals surface area contributed by atoms with Gasteiger partial charge in [0, 0.05) is 38.6 Å². The lowest BCUT2D eigenvalue weighted by molar-refractivity contribution is 0.114. The van der Waals surface area contributed by atoms with E-state index in [9.17, 15) is 0 Å². The molecular weight excluding hydrogens is 310 g/mol. The molecule has 0 radical (unpaired) electrons. The van der Waals surface area contributed by atoms with E-state index in [2.05, 4.69) is 62.8 Å². The van der Waals surface area contributed by atoms with Crippen molar-refractivity contribution in [3.05, 3.63) is 47.5 Å². The van der Waals surface area contributed by atoms with Crippen molar-refractivity contribution in [1.29, 1.82) is 0 Å². The zero-order valence-electron chi connectivity index (χ0n) is 15.4. The third kappa shape index (κ3) is 3.62. The molecule has 2 heterocycles. The number of rotatable bonds is 5. The van der Waals surface area contributed by atoms with Gasteiger partial charge < -0.3 is 4.90 Å². The normalized spacial score (nSPS) is 20.7. The van der Waals surface area contributed by atoms with Gasteiger partial charge in [0.25, 0.3) is 0 Å². The predicted octanol–water partition coefficient (Wildman–Crippen LogP) is 2.19. The van der Waals surface area contributed by atoms with E-state index in [0.29, 0.717) is 12.1 Å². The summed E-state index contributed by atoms with van der Waals surface area (Å²) in [7, 11) is 2.21. The monoisotopic (exact) mass is 339 g/mol. The van der Waals surface area contributed by atoms with E-state index < -0.39 is 0 Å². The highest BCUT2D eigenvalue weighted by molar-refractivity contribution is 5.32. The average molecular weight is 339 g/mol. The Labute approximate surface area is 150 Å². The van der Waals surface area contributed by atoms with Gasteiger partial charge in [0.05, 0.1) is 6.04 Å². The fourth-order valence-electron chi connectivity index (χ4n) is 4.25. The first-order valence-electron chi connectivity index (χ1n) is 9.58. The molecular formula is C20H29N5. The third-order valence-corrected chi connectivity index (χ3v) is 5.97. The molecule has 0 saturated carbocycles. The van der Waals surface area contributed by atoms with Crippen molar-refractivity contribution >= 4 is 0 Å². The van der Waals surface area contributed by atoms with Crippen LogP contribution in [0.15, 0.2) is 30.6 Å². The van der Waals surface area contributed by atoms with Crippen LogP contribution in [0.1, 0.15) is 36.3 Å². The van der Waals surface area contributed by atoms with Gasteiger partial charge in [-0.05, 0) is 44.4 Å². The molecule has 0 N–H and O–H groups in total. The number of likely N-dealkylation sites (N-methyl/N-ethyl adjacent to an activating group) is 1. The minimum atomic E-state index is 0.439. The second kappa shape index (κ2) is 7.26. The van der Waals surface area contributed by atoms with Gasteiger partial charge in [-0.25, -0.2) is 9.67 Å². The Hall–Kier alpha value is -1.72. The van der Waals surface area contributed by atoms with Crippen LogP contribution in [0.5, 0.6) is 0 Å². The van der Waals surface area contributed by atoms with E-state index in [1.807, 2.05) is 0 Å². The van der Waals surface area contributed by atoms with E-state index in [1.165, 1.54) is 37.3 Å². The predicted molar refractivity (Wildman–Crippen MR) is 99.8 cm³/mol. The molecule has 134 valence electrons. The highest BCUT2D eigenvalue weighted by Crippen LogP contribution is 2.30. The van der Waals surface area contributed by atoms with Gasteiger partial charge in [-0.15, -0.1) is 0 Å². The van der Waals surface area contributed by atoms with Crippen LogP contribution in [0.25, 0.3) is 0 Å². The molecule has 5 heteroatoms. The van der Waals surface area contributed by atoms with E-state index in [1.54, 1.807) is 6.33 Å². The molecule has 1 aliphatic carbocycles. The molecule has 2 aromatic rings. The SMILES string of the molecule is CC(CCc1ncnn1C1Cc2ccccc2C1)N1CCN(C)CC1. The number of fused-ring (bicyclic) bond motifs is 1. The zero-order chi connectivity index (χ0) is 17.2. The summed E-state index contributed by atoms with van der Waals surface area (Å²) in [6, 6.07) is 9.83. The van der Waals surface area contributed by atoms with Crippen molar-refractivity contribution in [1.82, 2.24) is 24.6 Å². The lowest BCUT2D eigenvalue weighted by atomic mass is 10.1. The van der Waals surface area contributed by atoms with Gasteiger partial charge in [-0.1, -0.05) is 24.3 Å². The topological polar surface area (TPSA) is 37.2 Å². The number of hydrogen-bond donors (Lipinski definition) is 0. The molecule has 4 rings (SSSR count). The van der Waals surface area contributed by atoms with E-state index in [0.717, 1.165) is 31.5 Å². The van der Waals surface area contributed by atoms with Gasteiger partial charge in [0.2, 0.25) is 0 Å². The standard InChI is InChI=1S/C20H29N5/c1-16(24-11-9-23(2)10-12-24)7-8-20-21-15-22-25(20)19-13-17-5-3-4-6-18(17)14-19/h3-6,15-16,19H,7-14H2,1-2H3. The van der Waals surface area contributed by atoms with Crippen LogP contribution in [-0.4, -0.2) is 63.8 Å². The molecule has 0 amide bonds. The second-order valence-corrected chi connectivity index (χ2v) is 7.68. The Morgan fingerprint density at radius 2 is 1.76 bits per heavy atom. The number of aromatic nitrogens is 3. The summed E-state index contributed by atoms with van der Waals surface area (Å²) in [6.07, 6.45) is 6.07. The van der Waals surface area contributed by atoms with Crippen molar-refractivity contribution < 1.29 is 0 Å². The van der Waals surface area contributed by atoms with Crippen LogP contribution in [-0.2, 0) is 19.3 Å². The summed E-state index contributed by atoms with van der Waals surface area (Å²) in [5, 5.41) is 4.57. The maximum absolute atomic E-state index is 4.58. The smallest absolute Gasteiger partial charge is 0.138 e. The highest BCUT2D eigenvalue weighted by Gasteiger charge is 2.25. The molecule has 1 fully saturated rings. The van der Waals surface area contributed by atoms with Gasteiger partial charge in [-0.3, -0.25) is 4.90 Å². The van der Waals surface area contributed by atoms with Crippen LogP contribution in [0.2, 0.25) is 0 Å². The minimum absolute atomic E-state index is 0.439. The summed E-state index contributed by atoms with van der Waals surface area (Å²) < 4.78 is 2.19. The van der Waals surface area contributed by atoms with E-state index in [-0.39, 0.29) is 0 Å². The maximum atomic E-state index is 4.58. The zero-order valence-corrected chi connectivity index (χ0v) is 15.4. The van der Waals surface area contributed by atoms with Crippen LogP contribution in [0, 0.1) is 0 Å². The molecule has 1 saturated heterocycles. The first kappa shape index (κ1) is 16.7. The van der Waals surface area contributed by atoms with Crippen molar-refractivity contribution in [2.75, 3.05) is 33.2 Å². The molecule has 0 bridgehead atoms. The first-order valence-corrected chi connectivity index (χ1v) is 9.58. The number of aryl methyl sites for hydroxylation is 1. The van der Waals surface area contributed by atoms with Gasteiger partial charge >= 0.3 is 0 Å². The van der Waals surface area contributed by atoms with Crippen molar-refractivity contribution in [2.45, 2.75) is 44.7 Å². The molecule has 2 aliphatic rings. The molecule has 1 atom stereocenters. The molecule has 1 aromatic carbocycles. The Kier molecular flexibility index (Phi) is 4.86. The Balaban J connectivity index is 1.36. The van der Waals surface area contributed by atoms with Crippen LogP contribution >= 0.6 is 0 Å². The van der Waals surface area contributed by atoms with E-state index >= 15 is 0 Å². The number of benzene rings is 1. The minimum Gasteiger partial charge on any atom is -0.304 e. The fraction of sp³-hybridized carbons (Fsp3) is 0.600. The summed E-state index contributed by atoms with van der Waals surface area (Å²) >= 11 is 0. The summed E-state index contributed by atoms with van der Waals surface area (Å²) in [6.45, 7) is 7.09. The molecule has 1 aromatic heterocycles. The Morgan fingerprint density at radius 3 is 2.44 bits per heavy atom. The summed E-state index contributed by atoms with van der Waals surface area (Å²) in [4.78, 5) is 9.61. The van der Waals surface area contributed by atoms with Crippen LogP contribution < -0.4 is 0 Å². The van der Waals surface area contributed by atoms with Crippen molar-refractivity contribution in [3.63, 3.8) is 0 Å². The lowest BCUT2D eigenvalue weighted by Gasteiger charge is -2.36. The first-order chi connectivity index (χ1) is 12.2. The van der Waals surface area contributed by atoms with Gasteiger partial charge in [0.1, 0.15) is 12.2 Å². The average Bonchev–Trinajstić information content (AvgIpc) is 3.26. The second-order valence-electron chi connectivity index (χ2n) is 7.68. The Bertz CT molecular complexity index is 677. The number of nitrogens with zero attached hydrogens (tertiary/aromatic N) is 5. The molecule has 5 nitrogen and oxygen atoms in total. The van der Waals surface area contributed by atoms with Crippen LogP contribution in [0.3, 0.4) is 0 Å². The van der Waals surface area contributed by atoms with Crippen molar-refractivity contribution in [2.24, 2.45) is 0 Å². The third-order valence-electron chi connectivity index (χ3n) is 5.97. The van der Waals surface area contributed by atoms with Gasteiger partial charge in [-0.2, -0.15) is 5.10 Å². The number of hydrogen-bond acceptors (Lipinski definition) is 4. The van der Waals surface area contributed by atoms with Crippen LogP contribution in [0.4, 0.5) is 0 Å². The molecule has 0 spiro atoms. The van der Waals surface area contributed by atoms with Crippen molar-refractivity contribution in [3.8, 4) is 0 Å². The Morgan fingerprint density at radius 1 is 1.08 bits per heavy atom. The number of piperazine rings is 1. The van der Waals surface area contributed by atoms with E-state index in [4.69, 9.17) is 0 Å². The molecule has 1 unspecified atom stereocenters. The fourth-order valence-corrected chi connectivity index (χ4v) is 4.25. The lowest BCUT2D eigenvalue weighted by Crippen LogP contribution is -2.48. The largest absolute Gasteiger partial charge is 0.304 e. The van der Waals surface area contributed by atoms with Gasteiger partial charge in [0.15, 0.2) is 0 Å². The quantitative estimate of drug-likeness (QED) is 0.837.